The Morgan fingerprint density at radius 1 is 1.21 bits per heavy atom. The van der Waals surface area contributed by atoms with Gasteiger partial charge in [-0.05, 0) is 50.1 Å². The van der Waals surface area contributed by atoms with Crippen molar-refractivity contribution >= 4 is 49.2 Å². The maximum Gasteiger partial charge on any atom is 0.230 e. The Labute approximate surface area is 169 Å². The lowest BCUT2D eigenvalue weighted by Crippen LogP contribution is -2.43. The fourth-order valence-corrected chi connectivity index (χ4v) is 6.07. The molecule has 0 radical (unpaired) electrons. The number of rotatable bonds is 4. The van der Waals surface area contributed by atoms with E-state index in [-0.39, 0.29) is 29.4 Å². The number of hydrogen-bond donors (Lipinski definition) is 1. The minimum atomic E-state index is -3.03. The van der Waals surface area contributed by atoms with Gasteiger partial charge in [-0.15, -0.1) is 0 Å². The highest BCUT2D eigenvalue weighted by Crippen LogP contribution is 2.31. The molecule has 4 rings (SSSR count). The summed E-state index contributed by atoms with van der Waals surface area (Å²) in [7, 11) is -3.03. The standard InChI is InChI=1S/C21H23ClN2O3S/c1-3-24(16-8-9-28(26,27)12-16)21(25)13(2)14-4-6-17-18-11-15(22)5-7-19(18)23-20(17)10-14/h4-7,10-11,13,16,23H,3,8-9,12H2,1-2H3/t13-,16-/m0/s1. The number of fused-ring (bicyclic) bond motifs is 3. The molecule has 5 nitrogen and oxygen atoms in total. The third kappa shape index (κ3) is 3.40. The van der Waals surface area contributed by atoms with E-state index in [1.165, 1.54) is 0 Å². The quantitative estimate of drug-likeness (QED) is 0.693. The molecule has 2 atom stereocenters. The van der Waals surface area contributed by atoms with Crippen LogP contribution in [0.1, 0.15) is 31.7 Å². The molecule has 7 heteroatoms. The number of benzene rings is 2. The monoisotopic (exact) mass is 418 g/mol. The van der Waals surface area contributed by atoms with Crippen molar-refractivity contribution in [3.8, 4) is 0 Å². The molecule has 1 fully saturated rings. The van der Waals surface area contributed by atoms with Crippen LogP contribution in [0.2, 0.25) is 5.02 Å². The Kier molecular flexibility index (Phi) is 4.88. The third-order valence-corrected chi connectivity index (χ3v) is 7.71. The number of aromatic nitrogens is 1. The Morgan fingerprint density at radius 2 is 2.00 bits per heavy atom. The zero-order valence-electron chi connectivity index (χ0n) is 15.9. The minimum absolute atomic E-state index is 0.0249. The maximum atomic E-state index is 13.1. The van der Waals surface area contributed by atoms with Gasteiger partial charge in [-0.3, -0.25) is 4.79 Å². The van der Waals surface area contributed by atoms with E-state index >= 15 is 0 Å². The number of carbonyl (C=O) groups is 1. The van der Waals surface area contributed by atoms with Crippen LogP contribution in [0.25, 0.3) is 21.8 Å². The van der Waals surface area contributed by atoms with Gasteiger partial charge in [-0.25, -0.2) is 8.42 Å². The Bertz CT molecular complexity index is 1170. The lowest BCUT2D eigenvalue weighted by Gasteiger charge is -2.29. The van der Waals surface area contributed by atoms with Crippen LogP contribution in [0.5, 0.6) is 0 Å². The summed E-state index contributed by atoms with van der Waals surface area (Å²) in [6.07, 6.45) is 0.524. The van der Waals surface area contributed by atoms with Gasteiger partial charge in [0.05, 0.1) is 17.4 Å². The van der Waals surface area contributed by atoms with E-state index in [4.69, 9.17) is 11.6 Å². The number of carbonyl (C=O) groups excluding carboxylic acids is 1. The highest BCUT2D eigenvalue weighted by atomic mass is 35.5. The lowest BCUT2D eigenvalue weighted by atomic mass is 9.97. The van der Waals surface area contributed by atoms with Crippen LogP contribution in [-0.2, 0) is 14.6 Å². The molecule has 1 amide bonds. The highest BCUT2D eigenvalue weighted by molar-refractivity contribution is 7.91. The molecule has 1 aromatic heterocycles. The zero-order valence-corrected chi connectivity index (χ0v) is 17.5. The second-order valence-corrected chi connectivity index (χ2v) is 10.2. The molecule has 3 aromatic rings. The summed E-state index contributed by atoms with van der Waals surface area (Å²) in [5.41, 5.74) is 2.87. The number of likely N-dealkylation sites (N-methyl/N-ethyl adjacent to an activating group) is 1. The number of sulfone groups is 1. The number of halogens is 1. The number of aromatic amines is 1. The number of hydrogen-bond acceptors (Lipinski definition) is 3. The van der Waals surface area contributed by atoms with Crippen molar-refractivity contribution in [3.05, 3.63) is 47.0 Å². The van der Waals surface area contributed by atoms with E-state index in [0.29, 0.717) is 18.0 Å². The van der Waals surface area contributed by atoms with Crippen molar-refractivity contribution in [1.29, 1.82) is 0 Å². The Balaban J connectivity index is 1.64. The molecule has 1 saturated heterocycles. The van der Waals surface area contributed by atoms with Crippen LogP contribution in [0.4, 0.5) is 0 Å². The number of amides is 1. The molecular formula is C21H23ClN2O3S. The fraction of sp³-hybridized carbons (Fsp3) is 0.381. The van der Waals surface area contributed by atoms with Gasteiger partial charge >= 0.3 is 0 Å². The predicted molar refractivity (Wildman–Crippen MR) is 114 cm³/mol. The van der Waals surface area contributed by atoms with Gasteiger partial charge < -0.3 is 9.88 Å². The molecule has 0 bridgehead atoms. The van der Waals surface area contributed by atoms with E-state index in [1.807, 2.05) is 50.2 Å². The molecule has 0 aliphatic carbocycles. The summed E-state index contributed by atoms with van der Waals surface area (Å²) in [6.45, 7) is 4.30. The molecule has 1 aliphatic heterocycles. The normalized spacial score (nSPS) is 19.9. The molecule has 2 aromatic carbocycles. The molecule has 1 N–H and O–H groups in total. The van der Waals surface area contributed by atoms with E-state index in [0.717, 1.165) is 27.4 Å². The lowest BCUT2D eigenvalue weighted by molar-refractivity contribution is -0.134. The van der Waals surface area contributed by atoms with E-state index < -0.39 is 9.84 Å². The minimum Gasteiger partial charge on any atom is -0.355 e. The summed E-state index contributed by atoms with van der Waals surface area (Å²) < 4.78 is 23.7. The van der Waals surface area contributed by atoms with Gasteiger partial charge in [0.25, 0.3) is 0 Å². The first-order chi connectivity index (χ1) is 13.3. The Hall–Kier alpha value is -2.05. The van der Waals surface area contributed by atoms with Crippen LogP contribution < -0.4 is 0 Å². The van der Waals surface area contributed by atoms with Crippen molar-refractivity contribution in [1.82, 2.24) is 9.88 Å². The van der Waals surface area contributed by atoms with Gasteiger partial charge in [-0.2, -0.15) is 0 Å². The van der Waals surface area contributed by atoms with Crippen LogP contribution in [0.15, 0.2) is 36.4 Å². The van der Waals surface area contributed by atoms with Crippen molar-refractivity contribution in [2.24, 2.45) is 0 Å². The first-order valence-electron chi connectivity index (χ1n) is 9.51. The van der Waals surface area contributed by atoms with Gasteiger partial charge in [0.2, 0.25) is 5.91 Å². The van der Waals surface area contributed by atoms with Crippen LogP contribution in [0.3, 0.4) is 0 Å². The summed E-state index contributed by atoms with van der Waals surface area (Å²) in [5, 5.41) is 2.81. The van der Waals surface area contributed by atoms with Gasteiger partial charge in [-0.1, -0.05) is 23.7 Å². The largest absolute Gasteiger partial charge is 0.355 e. The van der Waals surface area contributed by atoms with Crippen LogP contribution >= 0.6 is 11.6 Å². The third-order valence-electron chi connectivity index (χ3n) is 5.73. The van der Waals surface area contributed by atoms with Crippen LogP contribution in [-0.4, -0.2) is 48.3 Å². The first kappa shape index (κ1) is 19.3. The topological polar surface area (TPSA) is 70.2 Å². The van der Waals surface area contributed by atoms with E-state index in [1.54, 1.807) is 4.90 Å². The zero-order chi connectivity index (χ0) is 20.1. The maximum absolute atomic E-state index is 13.1. The number of nitrogens with one attached hydrogen (secondary N) is 1. The second kappa shape index (κ2) is 7.08. The van der Waals surface area contributed by atoms with Crippen molar-refractivity contribution < 1.29 is 13.2 Å². The molecule has 2 heterocycles. The average Bonchev–Trinajstić information content (AvgIpc) is 3.20. The van der Waals surface area contributed by atoms with Gasteiger partial charge in [0, 0.05) is 39.4 Å². The van der Waals surface area contributed by atoms with Gasteiger partial charge in [0.1, 0.15) is 0 Å². The summed E-state index contributed by atoms with van der Waals surface area (Å²) >= 11 is 6.13. The SMILES string of the molecule is CCN(C(=O)[C@@H](C)c1ccc2c(c1)[nH]c1ccc(Cl)cc12)[C@H]1CCS(=O)(=O)C1. The number of H-pyrrole nitrogens is 1. The second-order valence-electron chi connectivity index (χ2n) is 7.52. The molecule has 0 saturated carbocycles. The van der Waals surface area contributed by atoms with E-state index in [2.05, 4.69) is 4.98 Å². The average molecular weight is 419 g/mol. The summed E-state index contributed by atoms with van der Waals surface area (Å²) in [6, 6.07) is 11.5. The molecule has 0 unspecified atom stereocenters. The number of nitrogens with zero attached hydrogens (tertiary/aromatic N) is 1. The first-order valence-corrected chi connectivity index (χ1v) is 11.7. The summed E-state index contributed by atoms with van der Waals surface area (Å²) in [5.74, 6) is -0.133. The van der Waals surface area contributed by atoms with Crippen LogP contribution in [0, 0.1) is 0 Å². The molecule has 148 valence electrons. The van der Waals surface area contributed by atoms with Crippen molar-refractivity contribution in [3.63, 3.8) is 0 Å². The molecule has 1 aliphatic rings. The fourth-order valence-electron chi connectivity index (χ4n) is 4.17. The predicted octanol–water partition coefficient (Wildman–Crippen LogP) is 4.11. The Morgan fingerprint density at radius 3 is 2.68 bits per heavy atom. The highest BCUT2D eigenvalue weighted by Gasteiger charge is 2.35. The van der Waals surface area contributed by atoms with Gasteiger partial charge in [0.15, 0.2) is 9.84 Å². The smallest absolute Gasteiger partial charge is 0.230 e. The van der Waals surface area contributed by atoms with E-state index in [9.17, 15) is 13.2 Å². The molecule has 28 heavy (non-hydrogen) atoms. The molecular weight excluding hydrogens is 396 g/mol. The molecule has 0 spiro atoms. The van der Waals surface area contributed by atoms with Crippen molar-refractivity contribution in [2.75, 3.05) is 18.1 Å². The van der Waals surface area contributed by atoms with Crippen molar-refractivity contribution in [2.45, 2.75) is 32.2 Å². The summed E-state index contributed by atoms with van der Waals surface area (Å²) in [4.78, 5) is 18.2.